The first-order valence-corrected chi connectivity index (χ1v) is 0. The van der Waals surface area contributed by atoms with E-state index in [4.69, 9.17) is 0 Å². The first-order chi connectivity index (χ1) is 0. The van der Waals surface area contributed by atoms with Crippen molar-refractivity contribution in [1.29, 1.82) is 0 Å². The summed E-state index contributed by atoms with van der Waals surface area (Å²) in [5.74, 6) is 0. The average Bonchev–Trinajstić information content (AvgIpc) is 0. The molecule has 5 heteroatoms. The smallest absolute Gasteiger partial charge is 1.00 e. The predicted molar refractivity (Wildman–Crippen MR) is 0 cm³/mol. The van der Waals surface area contributed by atoms with Crippen LogP contribution in [0, 0.1) is 0 Å². The Bertz CT molecular complexity index is 3.61. The third kappa shape index (κ3) is 758. The molecule has 0 radical (unpaired) electrons. The summed E-state index contributed by atoms with van der Waals surface area (Å²) < 4.78 is 0. The molecule has 0 aromatic carbocycles. The first kappa shape index (κ1) is 3490. The molecular formula is Cl4Cm. The van der Waals surface area contributed by atoms with E-state index in [0.29, 0.717) is 0 Å². The molecule has 0 saturated carbocycles. The van der Waals surface area contributed by atoms with Gasteiger partial charge in [0.25, 0.3) is 0 Å². The van der Waals surface area contributed by atoms with Crippen LogP contribution >= 0.6 is 0 Å². The standard InChI is InChI=1S/4ClH.Cm/h4*1H;/q;;;;+4/p-4. The minimum Gasteiger partial charge on any atom is -1.00 e. The molecule has 0 fully saturated rings. The molecule has 0 N–H and O–H groups in total. The molecule has 0 atom stereocenters. The predicted octanol–water partition coefficient (Wildman–Crippen LogP) is -12.0. The van der Waals surface area contributed by atoms with Gasteiger partial charge in [-0.2, -0.15) is 0 Å². The quantitative estimate of drug-likeness (QED) is 0.387. The Morgan fingerprint density at radius 2 is 0.400 bits per heavy atom. The van der Waals surface area contributed by atoms with Crippen LogP contribution in [0.1, 0.15) is 0 Å². The van der Waals surface area contributed by atoms with Gasteiger partial charge in [-0.05, 0) is 0 Å². The number of rotatable bonds is 0. The van der Waals surface area contributed by atoms with Gasteiger partial charge in [0, 0.05) is 0 Å². The third-order valence-electron chi connectivity index (χ3n) is 0. The van der Waals surface area contributed by atoms with Crippen LogP contribution < -0.4 is 49.6 Å². The van der Waals surface area contributed by atoms with Crippen LogP contribution in [0.4, 0.5) is 0 Å². The Labute approximate surface area is 50.0 Å². The zero-order valence-corrected chi connectivity index (χ0v) is 7.83. The van der Waals surface area contributed by atoms with Crippen LogP contribution in [0.2, 0.25) is 0 Å². The Morgan fingerprint density at radius 1 is 0.400 bits per heavy atom. The van der Waals surface area contributed by atoms with E-state index >= 15 is 0 Å². The van der Waals surface area contributed by atoms with Crippen molar-refractivity contribution in [2.24, 2.45) is 0 Å². The number of hydrogen-bond donors (Lipinski definition) is 0. The fourth-order valence-electron chi connectivity index (χ4n) is 0. The second kappa shape index (κ2) is 1620. The Hall–Kier alpha value is 0.160. The summed E-state index contributed by atoms with van der Waals surface area (Å²) >= 11 is 0. The van der Waals surface area contributed by atoms with Crippen molar-refractivity contribution in [1.82, 2.24) is 0 Å². The van der Waals surface area contributed by atoms with Gasteiger partial charge in [-0.15, -0.1) is 0 Å². The fourth-order valence-corrected chi connectivity index (χ4v) is 0. The van der Waals surface area contributed by atoms with Crippen LogP contribution in [-0.4, -0.2) is 0 Å². The van der Waals surface area contributed by atoms with E-state index in [9.17, 15) is 0 Å². The summed E-state index contributed by atoms with van der Waals surface area (Å²) in [6, 6.07) is 0. The van der Waals surface area contributed by atoms with Gasteiger partial charge in [-0.25, -0.2) is 0 Å². The van der Waals surface area contributed by atoms with Crippen molar-refractivity contribution >= 4 is 0 Å². The van der Waals surface area contributed by atoms with Crippen molar-refractivity contribution in [3.05, 3.63) is 0 Å². The average molecular weight is 389 g/mol. The topological polar surface area (TPSA) is 0 Å². The Kier molecular flexibility index (Phi) is 1130000. The van der Waals surface area contributed by atoms with Crippen LogP contribution in [0.15, 0.2) is 0 Å². The van der Waals surface area contributed by atoms with Crippen molar-refractivity contribution in [2.45, 2.75) is 0 Å². The molecule has 0 saturated heterocycles. The molecule has 0 aromatic rings. The summed E-state index contributed by atoms with van der Waals surface area (Å²) in [6.45, 7) is 0. The van der Waals surface area contributed by atoms with E-state index in [1.807, 2.05) is 0 Å². The summed E-state index contributed by atoms with van der Waals surface area (Å²) in [6.07, 6.45) is 0. The molecule has 0 heterocycles. The molecule has 0 aromatic heterocycles. The normalized spacial score (nSPS) is 0. The summed E-state index contributed by atoms with van der Waals surface area (Å²) in [4.78, 5) is 0. The molecular weight excluding hydrogens is 389 g/mol. The van der Waals surface area contributed by atoms with Gasteiger partial charge in [0.05, 0.1) is 0 Å². The molecule has 0 aliphatic heterocycles. The minimum atomic E-state index is 0. The monoisotopic (exact) mass is 383 g/mol. The number of hydrogen-bond acceptors (Lipinski definition) is 0. The van der Waals surface area contributed by atoms with E-state index in [2.05, 4.69) is 0 Å². The van der Waals surface area contributed by atoms with Gasteiger partial charge >= 0.3 is 0 Å². The van der Waals surface area contributed by atoms with Gasteiger partial charge in [-0.1, -0.05) is 0 Å². The number of halogens is 4. The molecule has 0 aliphatic carbocycles. The molecule has 0 unspecified atom stereocenters. The molecule has 0 amide bonds. The maximum absolute atomic E-state index is 0. The fraction of sp³-hybridized carbons (Fsp3) is 0. The molecule has 36 valence electrons. The zero-order chi connectivity index (χ0) is 0. The SMILES string of the molecule is [Cl-].[Cl-].[Cl-].[Cl-].[Cm+4]. The van der Waals surface area contributed by atoms with Gasteiger partial charge in [0.2, 0.25) is 0 Å². The summed E-state index contributed by atoms with van der Waals surface area (Å²) in [7, 11) is 0. The second-order valence-electron chi connectivity index (χ2n) is 0. The first-order valence-electron chi connectivity index (χ1n) is 0. The zero-order valence-electron chi connectivity index (χ0n) is 1.87. The molecule has 0 aliphatic rings. The molecule has 0 bridgehead atoms. The minimum absolute atomic E-state index is 0. The van der Waals surface area contributed by atoms with Crippen molar-refractivity contribution in [3.63, 3.8) is 0 Å². The Morgan fingerprint density at radius 3 is 0.400 bits per heavy atom. The maximum Gasteiger partial charge on any atom is 4.00 e. The largest absolute Gasteiger partial charge is 4.00 e. The van der Waals surface area contributed by atoms with E-state index in [1.165, 1.54) is 0 Å². The molecule has 5 heavy (non-hydrogen) atoms. The molecule has 0 nitrogen and oxygen atoms in total. The van der Waals surface area contributed by atoms with Gasteiger partial charge in [-0.3, -0.25) is 0 Å². The van der Waals surface area contributed by atoms with Gasteiger partial charge in [0.1, 0.15) is 0 Å². The molecule has 0 rings (SSSR count). The van der Waals surface area contributed by atoms with Crippen LogP contribution in [0.5, 0.6) is 0 Å². The van der Waals surface area contributed by atoms with E-state index in [0.717, 1.165) is 0 Å². The van der Waals surface area contributed by atoms with Crippen molar-refractivity contribution in [2.75, 3.05) is 0 Å². The van der Waals surface area contributed by atoms with Gasteiger partial charge < -0.3 is 49.6 Å². The maximum atomic E-state index is 0. The van der Waals surface area contributed by atoms with Crippen LogP contribution in [0.25, 0.3) is 0 Å². The second-order valence-corrected chi connectivity index (χ2v) is 0. The van der Waals surface area contributed by atoms with Crippen LogP contribution in [0.3, 0.4) is 0 Å². The van der Waals surface area contributed by atoms with E-state index in [-0.39, 0.29) is 49.6 Å². The van der Waals surface area contributed by atoms with E-state index in [1.54, 1.807) is 0 Å². The van der Waals surface area contributed by atoms with Crippen LogP contribution in [-0.2, 0) is 0 Å². The van der Waals surface area contributed by atoms with Crippen molar-refractivity contribution in [3.8, 4) is 0 Å². The summed E-state index contributed by atoms with van der Waals surface area (Å²) in [5, 5.41) is 0. The molecule has 0 spiro atoms. The van der Waals surface area contributed by atoms with Crippen molar-refractivity contribution < 1.29 is 49.6 Å². The van der Waals surface area contributed by atoms with E-state index < -0.39 is 0 Å². The van der Waals surface area contributed by atoms with Gasteiger partial charge in [0.15, 0.2) is 0 Å². The Balaban J connectivity index is 0. The summed E-state index contributed by atoms with van der Waals surface area (Å²) in [5.41, 5.74) is 0. The third-order valence-corrected chi connectivity index (χ3v) is 0.